The lowest BCUT2D eigenvalue weighted by Crippen LogP contribution is -2.16. The lowest BCUT2D eigenvalue weighted by molar-refractivity contribution is 0.662. The first-order chi connectivity index (χ1) is 26.1. The molecule has 0 unspecified atom stereocenters. The van der Waals surface area contributed by atoms with E-state index in [0.29, 0.717) is 5.82 Å². The van der Waals surface area contributed by atoms with Gasteiger partial charge < -0.3 is 8.98 Å². The van der Waals surface area contributed by atoms with Crippen LogP contribution >= 0.6 is 0 Å². The number of aromatic nitrogens is 3. The lowest BCUT2D eigenvalue weighted by atomic mass is 9.81. The Morgan fingerprint density at radius 3 is 2.00 bits per heavy atom. The zero-order valence-electron chi connectivity index (χ0n) is 29.3. The highest BCUT2D eigenvalue weighted by molar-refractivity contribution is 6.30. The molecule has 3 heterocycles. The average Bonchev–Trinajstić information content (AvgIpc) is 3.84. The van der Waals surface area contributed by atoms with Gasteiger partial charge in [0.1, 0.15) is 11.2 Å². The molecule has 0 radical (unpaired) electrons. The van der Waals surface area contributed by atoms with Crippen molar-refractivity contribution in [3.63, 3.8) is 0 Å². The number of hydrogen-bond donors (Lipinski definition) is 0. The molecule has 10 aromatic rings. The highest BCUT2D eigenvalue weighted by Crippen LogP contribution is 2.57. The van der Waals surface area contributed by atoms with Crippen LogP contribution in [0.3, 0.4) is 0 Å². The van der Waals surface area contributed by atoms with Crippen molar-refractivity contribution in [1.29, 1.82) is 0 Å². The fourth-order valence-electron chi connectivity index (χ4n) is 8.82. The van der Waals surface area contributed by atoms with Crippen LogP contribution in [0.5, 0.6) is 0 Å². The van der Waals surface area contributed by atoms with Gasteiger partial charge in [0.25, 0.3) is 0 Å². The van der Waals surface area contributed by atoms with Crippen molar-refractivity contribution < 1.29 is 4.42 Å². The van der Waals surface area contributed by atoms with E-state index in [-0.39, 0.29) is 5.41 Å². The van der Waals surface area contributed by atoms with Crippen molar-refractivity contribution >= 4 is 43.7 Å². The van der Waals surface area contributed by atoms with E-state index in [1.165, 1.54) is 38.5 Å². The van der Waals surface area contributed by atoms with Crippen LogP contribution in [0.15, 0.2) is 168 Å². The maximum absolute atomic E-state index is 6.90. The molecule has 0 saturated carbocycles. The molecule has 4 heteroatoms. The van der Waals surface area contributed by atoms with Gasteiger partial charge in [-0.05, 0) is 52.6 Å². The second kappa shape index (κ2) is 11.1. The lowest BCUT2D eigenvalue weighted by Gasteiger charge is -2.24. The predicted molar refractivity (Wildman–Crippen MR) is 218 cm³/mol. The first kappa shape index (κ1) is 29.9. The first-order valence-electron chi connectivity index (χ1n) is 18.2. The van der Waals surface area contributed by atoms with E-state index in [1.54, 1.807) is 0 Å². The van der Waals surface area contributed by atoms with Gasteiger partial charge in [-0.25, -0.2) is 9.97 Å². The molecule has 0 amide bonds. The summed E-state index contributed by atoms with van der Waals surface area (Å²) in [4.78, 5) is 10.2. The van der Waals surface area contributed by atoms with Crippen molar-refractivity contribution in [1.82, 2.24) is 14.5 Å². The van der Waals surface area contributed by atoms with Gasteiger partial charge in [0, 0.05) is 44.0 Å². The van der Waals surface area contributed by atoms with Crippen LogP contribution in [-0.2, 0) is 5.41 Å². The molecule has 1 aliphatic rings. The number of furan rings is 1. The van der Waals surface area contributed by atoms with Crippen molar-refractivity contribution in [2.24, 2.45) is 0 Å². The molecule has 0 atom stereocenters. The predicted octanol–water partition coefficient (Wildman–Crippen LogP) is 12.8. The molecular weight excluding hydrogens is 647 g/mol. The third-order valence-electron chi connectivity index (χ3n) is 11.2. The molecular formula is C49H33N3O. The summed E-state index contributed by atoms with van der Waals surface area (Å²) >= 11 is 0. The van der Waals surface area contributed by atoms with E-state index in [0.717, 1.165) is 61.2 Å². The molecule has 0 saturated heterocycles. The SMILES string of the molecule is CC1(C)c2ccccc2-c2c1c1c(c3ccccc3n1-c1cccc(-c3cc(-c4ccccc4)nc(-c4ccccc4)n3)c1)c1oc3ccccc3c21. The van der Waals surface area contributed by atoms with Crippen LogP contribution in [0.4, 0.5) is 0 Å². The van der Waals surface area contributed by atoms with E-state index < -0.39 is 0 Å². The minimum atomic E-state index is -0.262. The summed E-state index contributed by atoms with van der Waals surface area (Å²) in [6.45, 7) is 4.75. The van der Waals surface area contributed by atoms with E-state index in [2.05, 4.69) is 158 Å². The van der Waals surface area contributed by atoms with Gasteiger partial charge in [-0.1, -0.05) is 147 Å². The third-order valence-corrected chi connectivity index (χ3v) is 11.2. The molecule has 7 aromatic carbocycles. The summed E-state index contributed by atoms with van der Waals surface area (Å²) in [6, 6.07) is 57.7. The van der Waals surface area contributed by atoms with E-state index in [9.17, 15) is 0 Å². The minimum absolute atomic E-state index is 0.262. The molecule has 0 fully saturated rings. The molecule has 1 aliphatic carbocycles. The van der Waals surface area contributed by atoms with Crippen molar-refractivity contribution in [3.8, 4) is 50.7 Å². The number of benzene rings is 7. The van der Waals surface area contributed by atoms with Gasteiger partial charge >= 0.3 is 0 Å². The smallest absolute Gasteiger partial charge is 0.160 e. The number of rotatable bonds is 4. The number of nitrogens with zero attached hydrogens (tertiary/aromatic N) is 3. The van der Waals surface area contributed by atoms with Crippen LogP contribution in [0.25, 0.3) is 94.5 Å². The van der Waals surface area contributed by atoms with Crippen LogP contribution in [0, 0.1) is 0 Å². The largest absolute Gasteiger partial charge is 0.455 e. The Kier molecular flexibility index (Phi) is 6.27. The first-order valence-corrected chi connectivity index (χ1v) is 18.2. The molecule has 11 rings (SSSR count). The molecule has 53 heavy (non-hydrogen) atoms. The summed E-state index contributed by atoms with van der Waals surface area (Å²) in [5.74, 6) is 0.703. The molecule has 0 bridgehead atoms. The Labute approximate surface area is 306 Å². The summed E-state index contributed by atoms with van der Waals surface area (Å²) in [5.41, 5.74) is 15.0. The second-order valence-corrected chi connectivity index (χ2v) is 14.5. The Bertz CT molecular complexity index is 3020. The Balaban J connectivity index is 1.23. The van der Waals surface area contributed by atoms with Gasteiger partial charge in [0.2, 0.25) is 0 Å². The highest BCUT2D eigenvalue weighted by Gasteiger charge is 2.41. The van der Waals surface area contributed by atoms with Gasteiger partial charge in [0.15, 0.2) is 5.82 Å². The van der Waals surface area contributed by atoms with Gasteiger partial charge in [0.05, 0.1) is 27.8 Å². The quantitative estimate of drug-likeness (QED) is 0.186. The molecule has 0 aliphatic heterocycles. The fraction of sp³-hybridized carbons (Fsp3) is 0.0612. The highest BCUT2D eigenvalue weighted by atomic mass is 16.3. The molecule has 0 spiro atoms. The Morgan fingerprint density at radius 2 is 1.19 bits per heavy atom. The summed E-state index contributed by atoms with van der Waals surface area (Å²) in [7, 11) is 0. The maximum Gasteiger partial charge on any atom is 0.160 e. The topological polar surface area (TPSA) is 43.9 Å². The zero-order valence-corrected chi connectivity index (χ0v) is 29.3. The van der Waals surface area contributed by atoms with E-state index in [1.807, 2.05) is 24.3 Å². The number of hydrogen-bond acceptors (Lipinski definition) is 3. The van der Waals surface area contributed by atoms with Gasteiger partial charge in [-0.3, -0.25) is 0 Å². The minimum Gasteiger partial charge on any atom is -0.455 e. The third kappa shape index (κ3) is 4.30. The van der Waals surface area contributed by atoms with Crippen LogP contribution in [0.1, 0.15) is 25.0 Å². The zero-order chi connectivity index (χ0) is 35.3. The summed E-state index contributed by atoms with van der Waals surface area (Å²) in [6.07, 6.45) is 0. The average molecular weight is 680 g/mol. The van der Waals surface area contributed by atoms with Crippen LogP contribution in [-0.4, -0.2) is 14.5 Å². The molecule has 4 nitrogen and oxygen atoms in total. The number of fused-ring (bicyclic) bond motifs is 12. The molecule has 250 valence electrons. The van der Waals surface area contributed by atoms with E-state index in [4.69, 9.17) is 14.4 Å². The summed E-state index contributed by atoms with van der Waals surface area (Å²) in [5, 5.41) is 4.67. The van der Waals surface area contributed by atoms with Crippen molar-refractivity contribution in [2.75, 3.05) is 0 Å². The maximum atomic E-state index is 6.90. The van der Waals surface area contributed by atoms with Crippen LogP contribution < -0.4 is 0 Å². The summed E-state index contributed by atoms with van der Waals surface area (Å²) < 4.78 is 9.37. The monoisotopic (exact) mass is 679 g/mol. The number of para-hydroxylation sites is 2. The second-order valence-electron chi connectivity index (χ2n) is 14.5. The van der Waals surface area contributed by atoms with Crippen molar-refractivity contribution in [2.45, 2.75) is 19.3 Å². The van der Waals surface area contributed by atoms with Crippen molar-refractivity contribution in [3.05, 3.63) is 175 Å². The Hall–Kier alpha value is -6.78. The standard InChI is InChI=1S/C49H33N3O/c1-49(2)37-25-12-9-22-34(37)42-43-36-24-11-14-27-41(36)53-47(43)44-35-23-10-13-26-40(35)52(46(44)45(42)49)33-21-15-20-32(28-33)39-29-38(30-16-5-3-6-17-30)50-48(51-39)31-18-7-4-8-19-31/h3-29H,1-2H3. The Morgan fingerprint density at radius 1 is 0.547 bits per heavy atom. The molecule has 0 N–H and O–H groups in total. The normalized spacial score (nSPS) is 13.2. The van der Waals surface area contributed by atoms with Crippen LogP contribution in [0.2, 0.25) is 0 Å². The van der Waals surface area contributed by atoms with Gasteiger partial charge in [-0.15, -0.1) is 0 Å². The fourth-order valence-corrected chi connectivity index (χ4v) is 8.82. The van der Waals surface area contributed by atoms with Gasteiger partial charge in [-0.2, -0.15) is 0 Å². The van der Waals surface area contributed by atoms with E-state index >= 15 is 0 Å². The molecule has 3 aromatic heterocycles.